The molecule has 3 aromatic heterocycles. The van der Waals surface area contributed by atoms with E-state index in [0.717, 1.165) is 68.2 Å². The van der Waals surface area contributed by atoms with Gasteiger partial charge in [-0.25, -0.2) is 15.0 Å². The fourth-order valence-corrected chi connectivity index (χ4v) is 9.75. The van der Waals surface area contributed by atoms with E-state index in [4.69, 9.17) is 23.8 Å². The van der Waals surface area contributed by atoms with Gasteiger partial charge in [-0.2, -0.15) is 0 Å². The molecule has 0 spiro atoms. The number of para-hydroxylation sites is 2. The second-order valence-electron chi connectivity index (χ2n) is 15.7. The first-order valence-corrected chi connectivity index (χ1v) is 20.2. The Bertz CT molecular complexity index is 3220. The lowest BCUT2D eigenvalue weighted by molar-refractivity contribution is 0.411. The molecule has 4 aliphatic carbocycles. The van der Waals surface area contributed by atoms with Crippen molar-refractivity contribution in [1.82, 2.24) is 15.0 Å². The molecule has 0 amide bonds. The SMILES string of the molecule is C1=CCC(C2CC=C(C3C=CC(c4nc(-c5ccc6ccccc6c5)nc(-c5cccc6oc7ccccc7c56)n4)=C4C=CC=CC43)c3c2oc2ccccc32)C=C1. The number of hydrogen-bond acceptors (Lipinski definition) is 5. The van der Waals surface area contributed by atoms with E-state index in [2.05, 4.69) is 146 Å². The molecule has 0 bridgehead atoms. The molecule has 5 heteroatoms. The van der Waals surface area contributed by atoms with Crippen LogP contribution < -0.4 is 0 Å². The van der Waals surface area contributed by atoms with Crippen LogP contribution in [-0.2, 0) is 0 Å². The monoisotopic (exact) mass is 747 g/mol. The summed E-state index contributed by atoms with van der Waals surface area (Å²) in [7, 11) is 0. The summed E-state index contributed by atoms with van der Waals surface area (Å²) >= 11 is 0. The molecule has 0 fully saturated rings. The average molecular weight is 748 g/mol. The molecular weight excluding hydrogens is 711 g/mol. The van der Waals surface area contributed by atoms with Crippen molar-refractivity contribution in [2.24, 2.45) is 17.8 Å². The lowest BCUT2D eigenvalue weighted by Crippen LogP contribution is -2.23. The molecule has 0 saturated carbocycles. The molecular formula is C53H37N3O2. The molecule has 58 heavy (non-hydrogen) atoms. The van der Waals surface area contributed by atoms with Crippen molar-refractivity contribution in [2.75, 3.05) is 0 Å². The van der Waals surface area contributed by atoms with Gasteiger partial charge < -0.3 is 8.83 Å². The molecule has 0 saturated heterocycles. The van der Waals surface area contributed by atoms with Crippen LogP contribution in [0.3, 0.4) is 0 Å². The highest BCUT2D eigenvalue weighted by Crippen LogP contribution is 2.52. The fraction of sp³-hybridized carbons (Fsp3) is 0.113. The second-order valence-corrected chi connectivity index (χ2v) is 15.7. The molecule has 8 aromatic rings. The van der Waals surface area contributed by atoms with Gasteiger partial charge in [-0.3, -0.25) is 0 Å². The fourth-order valence-electron chi connectivity index (χ4n) is 9.75. The van der Waals surface area contributed by atoms with Crippen LogP contribution in [0.25, 0.3) is 77.6 Å². The summed E-state index contributed by atoms with van der Waals surface area (Å²) in [6.07, 6.45) is 27.0. The maximum atomic E-state index is 6.79. The van der Waals surface area contributed by atoms with Crippen LogP contribution in [0.2, 0.25) is 0 Å². The maximum absolute atomic E-state index is 6.79. The minimum atomic E-state index is 0.0809. The number of hydrogen-bond donors (Lipinski definition) is 0. The number of furan rings is 2. The van der Waals surface area contributed by atoms with Gasteiger partial charge >= 0.3 is 0 Å². The van der Waals surface area contributed by atoms with Crippen molar-refractivity contribution in [3.05, 3.63) is 199 Å². The van der Waals surface area contributed by atoms with Crippen LogP contribution in [0, 0.1) is 17.8 Å². The Morgan fingerprint density at radius 2 is 1.33 bits per heavy atom. The summed E-state index contributed by atoms with van der Waals surface area (Å²) in [5.41, 5.74) is 9.24. The number of allylic oxidation sites excluding steroid dienone is 14. The summed E-state index contributed by atoms with van der Waals surface area (Å²) < 4.78 is 13.1. The van der Waals surface area contributed by atoms with Crippen LogP contribution in [0.5, 0.6) is 0 Å². The minimum absolute atomic E-state index is 0.0809. The Hall–Kier alpha value is -7.11. The first kappa shape index (κ1) is 33.1. The molecule has 5 nitrogen and oxygen atoms in total. The molecule has 5 aromatic carbocycles. The maximum Gasteiger partial charge on any atom is 0.164 e. The van der Waals surface area contributed by atoms with E-state index in [1.807, 2.05) is 30.3 Å². The van der Waals surface area contributed by atoms with Gasteiger partial charge in [0.15, 0.2) is 17.5 Å². The van der Waals surface area contributed by atoms with Gasteiger partial charge in [-0.15, -0.1) is 0 Å². The van der Waals surface area contributed by atoms with Crippen molar-refractivity contribution in [3.8, 4) is 22.8 Å². The van der Waals surface area contributed by atoms with E-state index in [1.165, 1.54) is 27.5 Å². The summed E-state index contributed by atoms with van der Waals surface area (Å²) in [5, 5.41) is 5.54. The summed E-state index contributed by atoms with van der Waals surface area (Å²) in [5.74, 6) is 3.90. The highest BCUT2D eigenvalue weighted by atomic mass is 16.3. The molecule has 4 unspecified atom stereocenters. The number of fused-ring (bicyclic) bond motifs is 8. The van der Waals surface area contributed by atoms with Gasteiger partial charge in [0.2, 0.25) is 0 Å². The topological polar surface area (TPSA) is 65.0 Å². The predicted molar refractivity (Wildman–Crippen MR) is 235 cm³/mol. The Labute approximate surface area is 335 Å². The zero-order valence-electron chi connectivity index (χ0n) is 31.6. The zero-order chi connectivity index (χ0) is 38.2. The largest absolute Gasteiger partial charge is 0.460 e. The highest BCUT2D eigenvalue weighted by molar-refractivity contribution is 6.11. The van der Waals surface area contributed by atoms with Crippen molar-refractivity contribution in [2.45, 2.75) is 18.8 Å². The van der Waals surface area contributed by atoms with Crippen molar-refractivity contribution in [3.63, 3.8) is 0 Å². The molecule has 276 valence electrons. The van der Waals surface area contributed by atoms with Gasteiger partial charge in [-0.1, -0.05) is 152 Å². The van der Waals surface area contributed by atoms with Gasteiger partial charge in [0.1, 0.15) is 22.5 Å². The van der Waals surface area contributed by atoms with E-state index in [9.17, 15) is 0 Å². The predicted octanol–water partition coefficient (Wildman–Crippen LogP) is 13.4. The average Bonchev–Trinajstić information content (AvgIpc) is 3.88. The van der Waals surface area contributed by atoms with E-state index >= 15 is 0 Å². The summed E-state index contributed by atoms with van der Waals surface area (Å²) in [6.45, 7) is 0. The van der Waals surface area contributed by atoms with E-state index in [-0.39, 0.29) is 11.8 Å². The first-order chi connectivity index (χ1) is 28.7. The lowest BCUT2D eigenvalue weighted by atomic mass is 9.68. The van der Waals surface area contributed by atoms with Crippen LogP contribution in [0.15, 0.2) is 190 Å². The lowest BCUT2D eigenvalue weighted by Gasteiger charge is -2.35. The summed E-state index contributed by atoms with van der Waals surface area (Å²) in [6, 6.07) is 37.7. The van der Waals surface area contributed by atoms with Gasteiger partial charge in [0.25, 0.3) is 0 Å². The molecule has 0 radical (unpaired) electrons. The van der Waals surface area contributed by atoms with Gasteiger partial charge in [-0.05, 0) is 64.9 Å². The van der Waals surface area contributed by atoms with E-state index in [1.54, 1.807) is 0 Å². The van der Waals surface area contributed by atoms with Crippen LogP contribution in [0.4, 0.5) is 0 Å². The number of rotatable bonds is 5. The third kappa shape index (κ3) is 5.27. The first-order valence-electron chi connectivity index (χ1n) is 20.2. The third-order valence-corrected chi connectivity index (χ3v) is 12.5. The van der Waals surface area contributed by atoms with Crippen molar-refractivity contribution >= 4 is 54.8 Å². The van der Waals surface area contributed by atoms with E-state index in [0.29, 0.717) is 29.3 Å². The molecule has 0 N–H and O–H groups in total. The molecule has 4 atom stereocenters. The third-order valence-electron chi connectivity index (χ3n) is 12.5. The summed E-state index contributed by atoms with van der Waals surface area (Å²) in [4.78, 5) is 15.9. The molecule has 12 rings (SSSR count). The Kier molecular flexibility index (Phi) is 7.55. The Balaban J connectivity index is 1.02. The second kappa shape index (κ2) is 13.2. The smallest absolute Gasteiger partial charge is 0.164 e. The van der Waals surface area contributed by atoms with Gasteiger partial charge in [0.05, 0.1) is 0 Å². The standard InChI is InChI=1S/C53H37N3O2/c1-2-14-33(15-3-1)36-27-29-40(49-43-20-9-11-23-46(43)58-50(36)49)39-28-30-41(38-18-7-6-17-37(38)39)52-54-51(35-26-25-32-13-4-5-16-34(32)31-35)55-53(56-52)44-21-12-24-47-48(44)42-19-8-10-22-45(42)57-47/h1-14,16-26,28-31,33,36-37,39H,15,27H2. The molecule has 0 aliphatic heterocycles. The van der Waals surface area contributed by atoms with Crippen LogP contribution in [-0.4, -0.2) is 15.0 Å². The number of aromatic nitrogens is 3. The Morgan fingerprint density at radius 1 is 0.552 bits per heavy atom. The number of nitrogens with zero attached hydrogens (tertiary/aromatic N) is 3. The van der Waals surface area contributed by atoms with Gasteiger partial charge in [0, 0.05) is 56.2 Å². The van der Waals surface area contributed by atoms with E-state index < -0.39 is 0 Å². The van der Waals surface area contributed by atoms with Crippen LogP contribution in [0.1, 0.15) is 35.9 Å². The van der Waals surface area contributed by atoms with Crippen LogP contribution >= 0.6 is 0 Å². The zero-order valence-corrected chi connectivity index (χ0v) is 31.6. The highest BCUT2D eigenvalue weighted by Gasteiger charge is 2.38. The Morgan fingerprint density at radius 3 is 2.22 bits per heavy atom. The van der Waals surface area contributed by atoms with Crippen molar-refractivity contribution in [1.29, 1.82) is 0 Å². The normalized spacial score (nSPS) is 21.0. The molecule has 4 aliphatic rings. The number of benzene rings is 5. The minimum Gasteiger partial charge on any atom is -0.460 e. The molecule has 3 heterocycles. The van der Waals surface area contributed by atoms with Crippen molar-refractivity contribution < 1.29 is 8.83 Å². The quantitative estimate of drug-likeness (QED) is 0.175.